The molecule has 1 aromatic rings. The van der Waals surface area contributed by atoms with Gasteiger partial charge in [0, 0.05) is 25.7 Å². The van der Waals surface area contributed by atoms with Crippen molar-refractivity contribution in [3.05, 3.63) is 35.9 Å². The number of hydrogen-bond donors (Lipinski definition) is 2. The minimum absolute atomic E-state index is 0.0517. The number of hydrogen-bond acceptors (Lipinski definition) is 4. The molecule has 0 amide bonds. The normalized spacial score (nSPS) is 12.9. The standard InChI is InChI=1S/C14H25N3O/c1-17(2)9-8-16-10-14(15)12-18-11-13-6-4-3-5-7-13/h3-7,14,16H,8-12,15H2,1-2H3. The lowest BCUT2D eigenvalue weighted by molar-refractivity contribution is 0.107. The van der Waals surface area contributed by atoms with Crippen LogP contribution in [-0.4, -0.2) is 51.3 Å². The van der Waals surface area contributed by atoms with E-state index in [2.05, 4.69) is 36.4 Å². The molecule has 0 radical (unpaired) electrons. The van der Waals surface area contributed by atoms with Crippen LogP contribution < -0.4 is 11.1 Å². The van der Waals surface area contributed by atoms with Crippen LogP contribution in [0.5, 0.6) is 0 Å². The zero-order valence-corrected chi connectivity index (χ0v) is 11.4. The Morgan fingerprint density at radius 1 is 1.28 bits per heavy atom. The van der Waals surface area contributed by atoms with Crippen LogP contribution in [0.4, 0.5) is 0 Å². The molecule has 18 heavy (non-hydrogen) atoms. The number of nitrogens with one attached hydrogen (secondary N) is 1. The highest BCUT2D eigenvalue weighted by atomic mass is 16.5. The van der Waals surface area contributed by atoms with E-state index in [-0.39, 0.29) is 6.04 Å². The van der Waals surface area contributed by atoms with Gasteiger partial charge in [-0.05, 0) is 19.7 Å². The highest BCUT2D eigenvalue weighted by molar-refractivity contribution is 5.13. The van der Waals surface area contributed by atoms with Gasteiger partial charge in [0.05, 0.1) is 13.2 Å². The van der Waals surface area contributed by atoms with Crippen LogP contribution in [0.3, 0.4) is 0 Å². The van der Waals surface area contributed by atoms with Gasteiger partial charge in [-0.1, -0.05) is 30.3 Å². The summed E-state index contributed by atoms with van der Waals surface area (Å²) in [5.74, 6) is 0. The highest BCUT2D eigenvalue weighted by Crippen LogP contribution is 2.00. The number of ether oxygens (including phenoxy) is 1. The van der Waals surface area contributed by atoms with E-state index in [0.29, 0.717) is 13.2 Å². The summed E-state index contributed by atoms with van der Waals surface area (Å²) in [6.45, 7) is 4.00. The third-order valence-electron chi connectivity index (χ3n) is 2.59. The van der Waals surface area contributed by atoms with E-state index in [4.69, 9.17) is 10.5 Å². The van der Waals surface area contributed by atoms with Crippen LogP contribution in [0, 0.1) is 0 Å². The van der Waals surface area contributed by atoms with Crippen molar-refractivity contribution in [2.24, 2.45) is 5.73 Å². The molecular weight excluding hydrogens is 226 g/mol. The van der Waals surface area contributed by atoms with Crippen LogP contribution in [0.15, 0.2) is 30.3 Å². The molecule has 0 aliphatic carbocycles. The van der Waals surface area contributed by atoms with Gasteiger partial charge < -0.3 is 20.7 Å². The Bertz CT molecular complexity index is 303. The molecular formula is C14H25N3O. The van der Waals surface area contributed by atoms with Crippen LogP contribution in [0.25, 0.3) is 0 Å². The number of nitrogens with zero attached hydrogens (tertiary/aromatic N) is 1. The first kappa shape index (κ1) is 15.1. The fourth-order valence-corrected chi connectivity index (χ4v) is 1.55. The third-order valence-corrected chi connectivity index (χ3v) is 2.59. The Labute approximate surface area is 110 Å². The Kier molecular flexibility index (Phi) is 7.60. The molecule has 4 nitrogen and oxygen atoms in total. The van der Waals surface area contributed by atoms with E-state index in [9.17, 15) is 0 Å². The second kappa shape index (κ2) is 9.05. The maximum atomic E-state index is 5.95. The lowest BCUT2D eigenvalue weighted by atomic mass is 10.2. The molecule has 0 fully saturated rings. The molecule has 0 spiro atoms. The average molecular weight is 251 g/mol. The van der Waals surface area contributed by atoms with Gasteiger partial charge in [-0.3, -0.25) is 0 Å². The smallest absolute Gasteiger partial charge is 0.0717 e. The number of benzene rings is 1. The summed E-state index contributed by atoms with van der Waals surface area (Å²) in [4.78, 5) is 2.14. The van der Waals surface area contributed by atoms with Gasteiger partial charge in [-0.25, -0.2) is 0 Å². The quantitative estimate of drug-likeness (QED) is 0.634. The summed E-state index contributed by atoms with van der Waals surface area (Å²) >= 11 is 0. The van der Waals surface area contributed by atoms with Crippen LogP contribution in [0.1, 0.15) is 5.56 Å². The zero-order valence-electron chi connectivity index (χ0n) is 11.4. The Morgan fingerprint density at radius 2 is 2.00 bits per heavy atom. The number of rotatable bonds is 9. The second-order valence-electron chi connectivity index (χ2n) is 4.77. The molecule has 1 aromatic carbocycles. The molecule has 3 N–H and O–H groups in total. The van der Waals surface area contributed by atoms with Crippen LogP contribution in [-0.2, 0) is 11.3 Å². The molecule has 1 atom stereocenters. The first-order chi connectivity index (χ1) is 8.68. The van der Waals surface area contributed by atoms with E-state index in [0.717, 1.165) is 19.6 Å². The summed E-state index contributed by atoms with van der Waals surface area (Å²) in [7, 11) is 4.12. The second-order valence-corrected chi connectivity index (χ2v) is 4.77. The predicted octanol–water partition coefficient (Wildman–Crippen LogP) is 0.682. The predicted molar refractivity (Wildman–Crippen MR) is 75.5 cm³/mol. The van der Waals surface area contributed by atoms with Crippen LogP contribution >= 0.6 is 0 Å². The molecule has 0 heterocycles. The van der Waals surface area contributed by atoms with Gasteiger partial charge >= 0.3 is 0 Å². The summed E-state index contributed by atoms with van der Waals surface area (Å²) < 4.78 is 5.58. The molecule has 1 rings (SSSR count). The maximum Gasteiger partial charge on any atom is 0.0717 e. The summed E-state index contributed by atoms with van der Waals surface area (Å²) in [5.41, 5.74) is 7.14. The zero-order chi connectivity index (χ0) is 13.2. The third kappa shape index (κ3) is 7.40. The number of nitrogens with two attached hydrogens (primary N) is 1. The van der Waals surface area contributed by atoms with Crippen molar-refractivity contribution >= 4 is 0 Å². The average Bonchev–Trinajstić information content (AvgIpc) is 2.36. The largest absolute Gasteiger partial charge is 0.375 e. The molecule has 102 valence electrons. The van der Waals surface area contributed by atoms with Crippen LogP contribution in [0.2, 0.25) is 0 Å². The summed E-state index contributed by atoms with van der Waals surface area (Å²) in [5, 5.41) is 3.32. The SMILES string of the molecule is CN(C)CCNCC(N)COCc1ccccc1. The fourth-order valence-electron chi connectivity index (χ4n) is 1.55. The van der Waals surface area contributed by atoms with Crippen molar-refractivity contribution in [2.45, 2.75) is 12.6 Å². The fraction of sp³-hybridized carbons (Fsp3) is 0.571. The minimum atomic E-state index is 0.0517. The van der Waals surface area contributed by atoms with E-state index in [1.807, 2.05) is 18.2 Å². The van der Waals surface area contributed by atoms with Gasteiger partial charge in [0.2, 0.25) is 0 Å². The van der Waals surface area contributed by atoms with Gasteiger partial charge in [0.1, 0.15) is 0 Å². The molecule has 4 heteroatoms. The van der Waals surface area contributed by atoms with E-state index in [1.54, 1.807) is 0 Å². The molecule has 0 bridgehead atoms. The van der Waals surface area contributed by atoms with Crippen molar-refractivity contribution in [3.63, 3.8) is 0 Å². The minimum Gasteiger partial charge on any atom is -0.375 e. The van der Waals surface area contributed by atoms with Gasteiger partial charge in [0.15, 0.2) is 0 Å². The Hall–Kier alpha value is -0.940. The van der Waals surface area contributed by atoms with Crippen molar-refractivity contribution in [1.29, 1.82) is 0 Å². The number of likely N-dealkylation sites (N-methyl/N-ethyl adjacent to an activating group) is 1. The molecule has 1 unspecified atom stereocenters. The van der Waals surface area contributed by atoms with Crippen molar-refractivity contribution in [1.82, 2.24) is 10.2 Å². The molecule has 0 saturated carbocycles. The molecule has 0 aromatic heterocycles. The molecule has 0 saturated heterocycles. The molecule has 0 aliphatic rings. The lowest BCUT2D eigenvalue weighted by Gasteiger charge is -2.15. The first-order valence-electron chi connectivity index (χ1n) is 6.41. The van der Waals surface area contributed by atoms with Crippen molar-refractivity contribution < 1.29 is 4.74 Å². The lowest BCUT2D eigenvalue weighted by Crippen LogP contribution is -2.39. The molecule has 0 aliphatic heterocycles. The van der Waals surface area contributed by atoms with Gasteiger partial charge in [-0.2, -0.15) is 0 Å². The van der Waals surface area contributed by atoms with Crippen molar-refractivity contribution in [2.75, 3.05) is 40.3 Å². The Balaban J connectivity index is 2.01. The topological polar surface area (TPSA) is 50.5 Å². The Morgan fingerprint density at radius 3 is 2.67 bits per heavy atom. The van der Waals surface area contributed by atoms with Gasteiger partial charge in [0.25, 0.3) is 0 Å². The maximum absolute atomic E-state index is 5.95. The highest BCUT2D eigenvalue weighted by Gasteiger charge is 2.02. The van der Waals surface area contributed by atoms with Crippen molar-refractivity contribution in [3.8, 4) is 0 Å². The monoisotopic (exact) mass is 251 g/mol. The summed E-state index contributed by atoms with van der Waals surface area (Å²) in [6.07, 6.45) is 0. The first-order valence-corrected chi connectivity index (χ1v) is 6.41. The van der Waals surface area contributed by atoms with Gasteiger partial charge in [-0.15, -0.1) is 0 Å². The van der Waals surface area contributed by atoms with E-state index >= 15 is 0 Å². The summed E-state index contributed by atoms with van der Waals surface area (Å²) in [6, 6.07) is 10.2. The van der Waals surface area contributed by atoms with E-state index in [1.165, 1.54) is 5.56 Å². The van der Waals surface area contributed by atoms with E-state index < -0.39 is 0 Å².